The van der Waals surface area contributed by atoms with Gasteiger partial charge in [-0.1, -0.05) is 29.8 Å². The van der Waals surface area contributed by atoms with Gasteiger partial charge < -0.3 is 14.5 Å². The van der Waals surface area contributed by atoms with Gasteiger partial charge in [0, 0.05) is 6.20 Å². The fourth-order valence-electron chi connectivity index (χ4n) is 3.09. The number of aryl methyl sites for hydroxylation is 2. The molecule has 4 rings (SSSR count). The first kappa shape index (κ1) is 21.6. The molecule has 164 valence electrons. The molecular formula is C24H21ClFN3O3. The SMILES string of the molecule is Cc1ccc(OCc2ccc(C(=O)Nc3nn(Cc4cccc(F)c4)cc3Cl)o2)cc1C. The molecule has 2 heterocycles. The first-order valence-electron chi connectivity index (χ1n) is 9.95. The first-order valence-corrected chi connectivity index (χ1v) is 10.3. The van der Waals surface area contributed by atoms with Crippen LogP contribution in [-0.4, -0.2) is 15.7 Å². The lowest BCUT2D eigenvalue weighted by Gasteiger charge is -2.06. The number of hydrogen-bond donors (Lipinski definition) is 1. The highest BCUT2D eigenvalue weighted by Gasteiger charge is 2.16. The van der Waals surface area contributed by atoms with E-state index in [1.807, 2.05) is 32.0 Å². The van der Waals surface area contributed by atoms with E-state index >= 15 is 0 Å². The Morgan fingerprint density at radius 2 is 2.00 bits per heavy atom. The van der Waals surface area contributed by atoms with E-state index in [4.69, 9.17) is 20.8 Å². The summed E-state index contributed by atoms with van der Waals surface area (Å²) in [7, 11) is 0. The van der Waals surface area contributed by atoms with Crippen molar-refractivity contribution in [3.8, 4) is 5.75 Å². The summed E-state index contributed by atoms with van der Waals surface area (Å²) in [5, 5.41) is 7.16. The quantitative estimate of drug-likeness (QED) is 0.386. The lowest BCUT2D eigenvalue weighted by atomic mass is 10.1. The van der Waals surface area contributed by atoms with E-state index in [9.17, 15) is 9.18 Å². The van der Waals surface area contributed by atoms with E-state index in [1.54, 1.807) is 30.5 Å². The summed E-state index contributed by atoms with van der Waals surface area (Å²) in [4.78, 5) is 12.5. The lowest BCUT2D eigenvalue weighted by Crippen LogP contribution is -2.12. The van der Waals surface area contributed by atoms with E-state index in [0.29, 0.717) is 12.3 Å². The molecule has 0 spiro atoms. The number of carbonyl (C=O) groups excluding carboxylic acids is 1. The molecule has 0 unspecified atom stereocenters. The Hall–Kier alpha value is -3.58. The summed E-state index contributed by atoms with van der Waals surface area (Å²) in [5.74, 6) is 0.726. The number of carbonyl (C=O) groups is 1. The molecule has 32 heavy (non-hydrogen) atoms. The standard InChI is InChI=1S/C24H21ClFN3O3/c1-15-6-7-19(10-16(15)2)31-14-20-8-9-22(32-20)24(30)27-23-21(25)13-29(28-23)12-17-4-3-5-18(26)11-17/h3-11,13H,12,14H2,1-2H3,(H,27,28,30). The topological polar surface area (TPSA) is 69.3 Å². The van der Waals surface area contributed by atoms with Crippen molar-refractivity contribution in [1.82, 2.24) is 9.78 Å². The van der Waals surface area contributed by atoms with Crippen LogP contribution in [0.15, 0.2) is 65.2 Å². The van der Waals surface area contributed by atoms with Crippen LogP contribution in [0.1, 0.15) is 33.0 Å². The van der Waals surface area contributed by atoms with Gasteiger partial charge in [-0.2, -0.15) is 5.10 Å². The zero-order valence-electron chi connectivity index (χ0n) is 17.6. The molecule has 8 heteroatoms. The third-order valence-corrected chi connectivity index (χ3v) is 5.20. The van der Waals surface area contributed by atoms with Gasteiger partial charge in [-0.3, -0.25) is 9.48 Å². The molecule has 0 aliphatic heterocycles. The van der Waals surface area contributed by atoms with E-state index in [2.05, 4.69) is 10.4 Å². The zero-order chi connectivity index (χ0) is 22.7. The molecule has 2 aromatic carbocycles. The summed E-state index contributed by atoms with van der Waals surface area (Å²) in [5.41, 5.74) is 3.04. The van der Waals surface area contributed by atoms with E-state index in [1.165, 1.54) is 22.4 Å². The monoisotopic (exact) mass is 453 g/mol. The Morgan fingerprint density at radius 3 is 2.78 bits per heavy atom. The highest BCUT2D eigenvalue weighted by molar-refractivity contribution is 6.33. The summed E-state index contributed by atoms with van der Waals surface area (Å²) >= 11 is 6.20. The summed E-state index contributed by atoms with van der Waals surface area (Å²) in [6, 6.07) is 15.3. The molecular weight excluding hydrogens is 433 g/mol. The molecule has 0 bridgehead atoms. The van der Waals surface area contributed by atoms with E-state index < -0.39 is 5.91 Å². The van der Waals surface area contributed by atoms with Gasteiger partial charge in [-0.25, -0.2) is 4.39 Å². The van der Waals surface area contributed by atoms with Crippen LogP contribution in [0.2, 0.25) is 5.02 Å². The number of hydrogen-bond acceptors (Lipinski definition) is 4. The van der Waals surface area contributed by atoms with Crippen LogP contribution in [0, 0.1) is 19.7 Å². The van der Waals surface area contributed by atoms with Gasteiger partial charge in [0.1, 0.15) is 29.0 Å². The molecule has 0 atom stereocenters. The Bertz CT molecular complexity index is 1270. The van der Waals surface area contributed by atoms with Crippen LogP contribution < -0.4 is 10.1 Å². The molecule has 1 N–H and O–H groups in total. The fourth-order valence-corrected chi connectivity index (χ4v) is 3.29. The van der Waals surface area contributed by atoms with Crippen molar-refractivity contribution in [3.63, 3.8) is 0 Å². The molecule has 0 saturated carbocycles. The van der Waals surface area contributed by atoms with Crippen molar-refractivity contribution in [2.24, 2.45) is 0 Å². The maximum absolute atomic E-state index is 13.4. The molecule has 6 nitrogen and oxygen atoms in total. The Labute approximate surface area is 189 Å². The van der Waals surface area contributed by atoms with E-state index in [0.717, 1.165) is 16.9 Å². The van der Waals surface area contributed by atoms with Gasteiger partial charge in [0.05, 0.1) is 6.54 Å². The highest BCUT2D eigenvalue weighted by Crippen LogP contribution is 2.22. The third-order valence-electron chi connectivity index (χ3n) is 4.93. The summed E-state index contributed by atoms with van der Waals surface area (Å²) < 4.78 is 26.2. The molecule has 0 saturated heterocycles. The van der Waals surface area contributed by atoms with Crippen molar-refractivity contribution in [1.29, 1.82) is 0 Å². The largest absolute Gasteiger partial charge is 0.486 e. The number of anilines is 1. The first-order chi connectivity index (χ1) is 15.4. The molecule has 0 aliphatic rings. The number of aromatic nitrogens is 2. The Balaban J connectivity index is 1.37. The normalized spacial score (nSPS) is 10.9. The van der Waals surface area contributed by atoms with Crippen molar-refractivity contribution >= 4 is 23.3 Å². The second-order valence-corrected chi connectivity index (χ2v) is 7.82. The van der Waals surface area contributed by atoms with Crippen LogP contribution >= 0.6 is 11.6 Å². The third kappa shape index (κ3) is 5.18. The van der Waals surface area contributed by atoms with E-state index in [-0.39, 0.29) is 29.0 Å². The van der Waals surface area contributed by atoms with Gasteiger partial charge in [0.15, 0.2) is 11.6 Å². The number of furan rings is 1. The molecule has 0 radical (unpaired) electrons. The average Bonchev–Trinajstić information content (AvgIpc) is 3.36. The summed E-state index contributed by atoms with van der Waals surface area (Å²) in [6.45, 7) is 4.56. The van der Waals surface area contributed by atoms with Gasteiger partial charge in [-0.05, 0) is 66.9 Å². The number of benzene rings is 2. The molecule has 2 aromatic heterocycles. The summed E-state index contributed by atoms with van der Waals surface area (Å²) in [6.07, 6.45) is 1.56. The smallest absolute Gasteiger partial charge is 0.292 e. The Morgan fingerprint density at radius 1 is 1.16 bits per heavy atom. The number of nitrogens with one attached hydrogen (secondary N) is 1. The minimum Gasteiger partial charge on any atom is -0.486 e. The highest BCUT2D eigenvalue weighted by atomic mass is 35.5. The predicted octanol–water partition coefficient (Wildman–Crippen LogP) is 5.77. The maximum atomic E-state index is 13.4. The van der Waals surface area contributed by atoms with Crippen LogP contribution in [-0.2, 0) is 13.2 Å². The van der Waals surface area contributed by atoms with Crippen LogP contribution in [0.5, 0.6) is 5.75 Å². The molecule has 0 fully saturated rings. The van der Waals surface area contributed by atoms with Crippen molar-refractivity contribution in [2.75, 3.05) is 5.32 Å². The second-order valence-electron chi connectivity index (χ2n) is 7.41. The minimum absolute atomic E-state index is 0.111. The Kier molecular flexibility index (Phi) is 6.28. The number of halogens is 2. The van der Waals surface area contributed by atoms with Gasteiger partial charge >= 0.3 is 0 Å². The number of ether oxygens (including phenoxy) is 1. The van der Waals surface area contributed by atoms with Gasteiger partial charge in [-0.15, -0.1) is 0 Å². The fraction of sp³-hybridized carbons (Fsp3) is 0.167. The molecule has 0 aliphatic carbocycles. The van der Waals surface area contributed by atoms with Crippen LogP contribution in [0.3, 0.4) is 0 Å². The number of rotatable bonds is 7. The average molecular weight is 454 g/mol. The number of nitrogens with zero attached hydrogens (tertiary/aromatic N) is 2. The molecule has 1 amide bonds. The van der Waals surface area contributed by atoms with Gasteiger partial charge in [0.25, 0.3) is 5.91 Å². The van der Waals surface area contributed by atoms with Crippen LogP contribution in [0.4, 0.5) is 10.2 Å². The van der Waals surface area contributed by atoms with Crippen molar-refractivity contribution in [2.45, 2.75) is 27.0 Å². The zero-order valence-corrected chi connectivity index (χ0v) is 18.3. The molecule has 4 aromatic rings. The minimum atomic E-state index is -0.486. The second kappa shape index (κ2) is 9.28. The number of amides is 1. The predicted molar refractivity (Wildman–Crippen MR) is 120 cm³/mol. The lowest BCUT2D eigenvalue weighted by molar-refractivity contribution is 0.0992. The maximum Gasteiger partial charge on any atom is 0.292 e. The van der Waals surface area contributed by atoms with Gasteiger partial charge in [0.2, 0.25) is 0 Å². The van der Waals surface area contributed by atoms with Crippen molar-refractivity contribution in [3.05, 3.63) is 99.8 Å². The van der Waals surface area contributed by atoms with Crippen molar-refractivity contribution < 1.29 is 18.3 Å². The van der Waals surface area contributed by atoms with Crippen LogP contribution in [0.25, 0.3) is 0 Å².